The van der Waals surface area contributed by atoms with E-state index < -0.39 is 15.9 Å². The molecule has 0 fully saturated rings. The Bertz CT molecular complexity index is 1280. The lowest BCUT2D eigenvalue weighted by atomic mass is 10.2. The van der Waals surface area contributed by atoms with Crippen molar-refractivity contribution in [1.29, 1.82) is 0 Å². The van der Waals surface area contributed by atoms with Gasteiger partial charge in [0.15, 0.2) is 0 Å². The summed E-state index contributed by atoms with van der Waals surface area (Å²) in [7, 11) is -2.44. The van der Waals surface area contributed by atoms with Crippen LogP contribution >= 0.6 is 11.3 Å². The normalized spacial score (nSPS) is 11.5. The Balaban J connectivity index is 1.90. The van der Waals surface area contributed by atoms with Gasteiger partial charge in [0.1, 0.15) is 15.5 Å². The van der Waals surface area contributed by atoms with Gasteiger partial charge in [0.25, 0.3) is 5.91 Å². The van der Waals surface area contributed by atoms with E-state index in [9.17, 15) is 18.0 Å². The van der Waals surface area contributed by atoms with Crippen LogP contribution in [-0.2, 0) is 14.8 Å². The number of carbonyl (C=O) groups is 2. The summed E-state index contributed by atoms with van der Waals surface area (Å²) < 4.78 is 38.5. The third-order valence-corrected chi connectivity index (χ3v) is 8.17. The highest BCUT2D eigenvalue weighted by atomic mass is 32.2. The van der Waals surface area contributed by atoms with Gasteiger partial charge in [0, 0.05) is 29.0 Å². The number of nitrogens with zero attached hydrogens (tertiary/aromatic N) is 1. The molecule has 10 heteroatoms. The van der Waals surface area contributed by atoms with Crippen molar-refractivity contribution in [3.8, 4) is 5.75 Å². The fraction of sp³-hybridized carbons (Fsp3) is 0.304. The van der Waals surface area contributed by atoms with Crippen molar-refractivity contribution in [3.05, 3.63) is 52.9 Å². The molecule has 2 aromatic carbocycles. The quantitative estimate of drug-likeness (QED) is 0.447. The van der Waals surface area contributed by atoms with E-state index in [1.807, 2.05) is 6.07 Å². The molecule has 0 aliphatic rings. The highest BCUT2D eigenvalue weighted by Crippen LogP contribution is 2.30. The first-order chi connectivity index (χ1) is 15.7. The van der Waals surface area contributed by atoms with Crippen LogP contribution in [0.3, 0.4) is 0 Å². The average molecular weight is 491 g/mol. The van der Waals surface area contributed by atoms with Crippen molar-refractivity contribution < 1.29 is 27.5 Å². The number of carbonyl (C=O) groups excluding carboxylic acids is 2. The maximum atomic E-state index is 13.0. The predicted octanol–water partition coefficient (Wildman–Crippen LogP) is 4.37. The Labute approximate surface area is 197 Å². The van der Waals surface area contributed by atoms with Crippen molar-refractivity contribution >= 4 is 49.0 Å². The molecule has 1 N–H and O–H groups in total. The molecular weight excluding hydrogens is 464 g/mol. The molecule has 0 atom stereocenters. The van der Waals surface area contributed by atoms with Crippen LogP contribution in [0.15, 0.2) is 47.4 Å². The fourth-order valence-electron chi connectivity index (χ4n) is 3.35. The van der Waals surface area contributed by atoms with Crippen molar-refractivity contribution in [2.75, 3.05) is 32.1 Å². The molecule has 0 aliphatic carbocycles. The van der Waals surface area contributed by atoms with Gasteiger partial charge in [-0.05, 0) is 54.8 Å². The molecule has 0 saturated heterocycles. The summed E-state index contributed by atoms with van der Waals surface area (Å²) in [5.74, 6) is -0.678. The minimum Gasteiger partial charge on any atom is -0.495 e. The van der Waals surface area contributed by atoms with Crippen LogP contribution in [0.25, 0.3) is 10.1 Å². The Morgan fingerprint density at radius 2 is 1.76 bits per heavy atom. The zero-order valence-corrected chi connectivity index (χ0v) is 20.5. The van der Waals surface area contributed by atoms with Crippen molar-refractivity contribution in [3.63, 3.8) is 0 Å². The lowest BCUT2D eigenvalue weighted by Crippen LogP contribution is -2.31. The van der Waals surface area contributed by atoms with E-state index in [2.05, 4.69) is 5.32 Å². The molecule has 0 bridgehead atoms. The first-order valence-corrected chi connectivity index (χ1v) is 12.7. The molecular formula is C23H26N2O6S2. The molecule has 0 saturated carbocycles. The van der Waals surface area contributed by atoms with E-state index in [4.69, 9.17) is 9.47 Å². The number of amides is 1. The van der Waals surface area contributed by atoms with Gasteiger partial charge in [-0.1, -0.05) is 13.8 Å². The standard InChI is InChI=1S/C23H26N2O6S2/c1-5-25(6-2)33(28,29)21-14-15(8-10-18(21)30-4)22(26)24-17-9-11-19-16(12-17)13-20(32-19)23(27)31-7-3/h8-14H,5-7H2,1-4H3,(H,24,26). The molecule has 1 aromatic heterocycles. The van der Waals surface area contributed by atoms with Crippen molar-refractivity contribution in [2.45, 2.75) is 25.7 Å². The van der Waals surface area contributed by atoms with Crippen LogP contribution in [-0.4, -0.2) is 51.4 Å². The molecule has 0 radical (unpaired) electrons. The molecule has 1 amide bonds. The van der Waals surface area contributed by atoms with Crippen LogP contribution in [0, 0.1) is 0 Å². The van der Waals surface area contributed by atoms with Gasteiger partial charge in [-0.25, -0.2) is 13.2 Å². The molecule has 3 rings (SSSR count). The highest BCUT2D eigenvalue weighted by Gasteiger charge is 2.27. The number of sulfonamides is 1. The monoisotopic (exact) mass is 490 g/mol. The summed E-state index contributed by atoms with van der Waals surface area (Å²) in [5, 5.41) is 3.58. The number of hydrogen-bond acceptors (Lipinski definition) is 7. The molecule has 0 aliphatic heterocycles. The van der Waals surface area contributed by atoms with Gasteiger partial charge in [-0.3, -0.25) is 4.79 Å². The average Bonchev–Trinajstić information content (AvgIpc) is 3.23. The molecule has 33 heavy (non-hydrogen) atoms. The summed E-state index contributed by atoms with van der Waals surface area (Å²) in [6.45, 7) is 6.13. The lowest BCUT2D eigenvalue weighted by Gasteiger charge is -2.20. The largest absolute Gasteiger partial charge is 0.495 e. The molecule has 176 valence electrons. The molecule has 0 unspecified atom stereocenters. The Morgan fingerprint density at radius 3 is 2.39 bits per heavy atom. The highest BCUT2D eigenvalue weighted by molar-refractivity contribution is 7.89. The first-order valence-electron chi connectivity index (χ1n) is 10.4. The Kier molecular flexibility index (Phi) is 7.72. The number of anilines is 1. The van der Waals surface area contributed by atoms with Gasteiger partial charge in [-0.2, -0.15) is 4.31 Å². The number of ether oxygens (including phenoxy) is 2. The van der Waals surface area contributed by atoms with E-state index in [1.165, 1.54) is 41.0 Å². The second-order valence-electron chi connectivity index (χ2n) is 6.99. The summed E-state index contributed by atoms with van der Waals surface area (Å²) in [6, 6.07) is 11.3. The number of nitrogens with one attached hydrogen (secondary N) is 1. The van der Waals surface area contributed by atoms with E-state index >= 15 is 0 Å². The van der Waals surface area contributed by atoms with Gasteiger partial charge in [-0.15, -0.1) is 11.3 Å². The zero-order chi connectivity index (χ0) is 24.2. The summed E-state index contributed by atoms with van der Waals surface area (Å²) in [5.41, 5.74) is 0.698. The molecule has 8 nitrogen and oxygen atoms in total. The fourth-order valence-corrected chi connectivity index (χ4v) is 5.93. The minimum atomic E-state index is -3.83. The number of hydrogen-bond donors (Lipinski definition) is 1. The number of thiophene rings is 1. The van der Waals surface area contributed by atoms with Crippen molar-refractivity contribution in [2.24, 2.45) is 0 Å². The minimum absolute atomic E-state index is 0.0614. The van der Waals surface area contributed by atoms with Gasteiger partial charge in [0.05, 0.1) is 13.7 Å². The SMILES string of the molecule is CCOC(=O)c1cc2cc(NC(=O)c3ccc(OC)c(S(=O)(=O)N(CC)CC)c3)ccc2s1. The molecule has 1 heterocycles. The predicted molar refractivity (Wildman–Crippen MR) is 129 cm³/mol. The number of fused-ring (bicyclic) bond motifs is 1. The van der Waals surface area contributed by atoms with Crippen LogP contribution in [0.5, 0.6) is 5.75 Å². The van der Waals surface area contributed by atoms with Gasteiger partial charge >= 0.3 is 5.97 Å². The summed E-state index contributed by atoms with van der Waals surface area (Å²) >= 11 is 1.31. The first kappa shape index (κ1) is 24.7. The third-order valence-electron chi connectivity index (χ3n) is 5.00. The Morgan fingerprint density at radius 1 is 1.03 bits per heavy atom. The van der Waals surface area contributed by atoms with Crippen LogP contribution < -0.4 is 10.1 Å². The van der Waals surface area contributed by atoms with E-state index in [-0.39, 0.29) is 22.2 Å². The summed E-state index contributed by atoms with van der Waals surface area (Å²) in [6.07, 6.45) is 0. The van der Waals surface area contributed by atoms with E-state index in [0.717, 1.165) is 10.1 Å². The lowest BCUT2D eigenvalue weighted by molar-refractivity contribution is 0.0532. The second kappa shape index (κ2) is 10.3. The van der Waals surface area contributed by atoms with E-state index in [0.29, 0.717) is 30.3 Å². The van der Waals surface area contributed by atoms with Crippen LogP contribution in [0.2, 0.25) is 0 Å². The number of rotatable bonds is 9. The number of esters is 1. The second-order valence-corrected chi connectivity index (χ2v) is 9.98. The topological polar surface area (TPSA) is 102 Å². The van der Waals surface area contributed by atoms with Crippen LogP contribution in [0.1, 0.15) is 40.8 Å². The zero-order valence-electron chi connectivity index (χ0n) is 18.9. The van der Waals surface area contributed by atoms with E-state index in [1.54, 1.807) is 39.0 Å². The summed E-state index contributed by atoms with van der Waals surface area (Å²) in [4.78, 5) is 25.3. The maximum Gasteiger partial charge on any atom is 0.348 e. The Hall–Kier alpha value is -2.95. The molecule has 3 aromatic rings. The molecule has 0 spiro atoms. The smallest absolute Gasteiger partial charge is 0.348 e. The number of methoxy groups -OCH3 is 1. The third kappa shape index (κ3) is 5.18. The maximum absolute atomic E-state index is 13.0. The van der Waals surface area contributed by atoms with Crippen molar-refractivity contribution in [1.82, 2.24) is 4.31 Å². The van der Waals surface area contributed by atoms with Crippen LogP contribution in [0.4, 0.5) is 5.69 Å². The van der Waals surface area contributed by atoms with Gasteiger partial charge in [0.2, 0.25) is 10.0 Å². The van der Waals surface area contributed by atoms with Gasteiger partial charge < -0.3 is 14.8 Å². The number of benzene rings is 2.